The van der Waals surface area contributed by atoms with E-state index in [0.29, 0.717) is 30.5 Å². The Bertz CT molecular complexity index is 946. The van der Waals surface area contributed by atoms with Gasteiger partial charge in [-0.3, -0.25) is 14.6 Å². The van der Waals surface area contributed by atoms with E-state index in [4.69, 9.17) is 10.5 Å². The predicted octanol–water partition coefficient (Wildman–Crippen LogP) is 5.73. The zero-order valence-corrected chi connectivity index (χ0v) is 22.5. The molecule has 1 atom stereocenters. The standard InChI is InChI=1S/C19H23NO2.C10H20N2O/c1-3-13-22-18-11-9-17(10-12-18)19(21)20-14-16-7-5-15(4-2)6-8-16;1-7(2)6-10(5,8(3)13)12-9(4)11/h5-12H,3-4,13-14H2,1-2H3,(H,20,21);7H,6H2,1-5H3,(H2,11,12). The van der Waals surface area contributed by atoms with Gasteiger partial charge in [-0.15, -0.1) is 0 Å². The van der Waals surface area contributed by atoms with Crippen molar-refractivity contribution in [3.63, 3.8) is 0 Å². The molecule has 1 unspecified atom stereocenters. The number of carbonyl (C=O) groups excluding carboxylic acids is 2. The number of aliphatic imine (C=N–C) groups is 1. The first-order valence-electron chi connectivity index (χ1n) is 12.4. The van der Waals surface area contributed by atoms with E-state index in [0.717, 1.165) is 30.6 Å². The summed E-state index contributed by atoms with van der Waals surface area (Å²) in [5.74, 6) is 1.72. The Balaban J connectivity index is 0.000000405. The van der Waals surface area contributed by atoms with E-state index in [-0.39, 0.29) is 11.7 Å². The van der Waals surface area contributed by atoms with Crippen LogP contribution in [0.1, 0.15) is 82.8 Å². The van der Waals surface area contributed by atoms with Crippen LogP contribution in [0.25, 0.3) is 0 Å². The number of aryl methyl sites for hydroxylation is 1. The molecule has 0 fully saturated rings. The summed E-state index contributed by atoms with van der Waals surface area (Å²) in [6.07, 6.45) is 2.75. The number of ether oxygens (including phenoxy) is 1. The zero-order chi connectivity index (χ0) is 26.4. The summed E-state index contributed by atoms with van der Waals surface area (Å²) in [6, 6.07) is 15.6. The molecule has 2 aromatic rings. The Labute approximate surface area is 211 Å². The normalized spacial score (nSPS) is 12.9. The lowest BCUT2D eigenvalue weighted by Crippen LogP contribution is -2.35. The molecule has 6 nitrogen and oxygen atoms in total. The van der Waals surface area contributed by atoms with E-state index in [1.54, 1.807) is 26.0 Å². The van der Waals surface area contributed by atoms with Crippen LogP contribution < -0.4 is 15.8 Å². The third-order valence-electron chi connectivity index (χ3n) is 5.46. The minimum atomic E-state index is -0.632. The molecule has 3 N–H and O–H groups in total. The molecule has 0 aliphatic carbocycles. The zero-order valence-electron chi connectivity index (χ0n) is 22.5. The van der Waals surface area contributed by atoms with Crippen LogP contribution in [0.15, 0.2) is 53.5 Å². The van der Waals surface area contributed by atoms with Crippen molar-refractivity contribution in [1.82, 2.24) is 5.32 Å². The molecule has 0 saturated heterocycles. The number of nitrogens with one attached hydrogen (secondary N) is 1. The summed E-state index contributed by atoms with van der Waals surface area (Å²) < 4.78 is 5.51. The Hall–Kier alpha value is -3.15. The van der Waals surface area contributed by atoms with Gasteiger partial charge in [0.05, 0.1) is 12.4 Å². The monoisotopic (exact) mass is 481 g/mol. The van der Waals surface area contributed by atoms with Gasteiger partial charge in [0.25, 0.3) is 5.91 Å². The largest absolute Gasteiger partial charge is 0.494 e. The van der Waals surface area contributed by atoms with Crippen molar-refractivity contribution in [3.8, 4) is 5.75 Å². The lowest BCUT2D eigenvalue weighted by Gasteiger charge is -2.24. The van der Waals surface area contributed by atoms with E-state index in [1.165, 1.54) is 5.56 Å². The summed E-state index contributed by atoms with van der Waals surface area (Å²) in [5.41, 5.74) is 7.91. The van der Waals surface area contributed by atoms with Gasteiger partial charge in [0.15, 0.2) is 5.78 Å². The Morgan fingerprint density at radius 1 is 1.00 bits per heavy atom. The topological polar surface area (TPSA) is 93.8 Å². The number of hydrogen-bond donors (Lipinski definition) is 2. The summed E-state index contributed by atoms with van der Waals surface area (Å²) in [5, 5.41) is 2.94. The second kappa shape index (κ2) is 15.0. The number of hydrogen-bond acceptors (Lipinski definition) is 4. The molecule has 192 valence electrons. The number of Topliss-reactive ketones (excluding diaryl/α,β-unsaturated/α-hetero) is 1. The van der Waals surface area contributed by atoms with E-state index in [1.807, 2.05) is 19.1 Å². The Kier molecular flexibility index (Phi) is 12.8. The van der Waals surface area contributed by atoms with E-state index < -0.39 is 5.54 Å². The van der Waals surface area contributed by atoms with Gasteiger partial charge in [-0.25, -0.2) is 0 Å². The van der Waals surface area contributed by atoms with Crippen molar-refractivity contribution in [2.45, 2.75) is 79.8 Å². The SMILES string of the molecule is CC(=O)C(C)(CC(C)C)N=C(C)N.CCCOc1ccc(C(=O)NCc2ccc(CC)cc2)cc1. The molecule has 35 heavy (non-hydrogen) atoms. The smallest absolute Gasteiger partial charge is 0.251 e. The number of amidine groups is 1. The third kappa shape index (κ3) is 11.2. The predicted molar refractivity (Wildman–Crippen MR) is 145 cm³/mol. The quantitative estimate of drug-likeness (QED) is 0.317. The van der Waals surface area contributed by atoms with Crippen LogP contribution in [0.3, 0.4) is 0 Å². The highest BCUT2D eigenvalue weighted by atomic mass is 16.5. The van der Waals surface area contributed by atoms with Crippen molar-refractivity contribution in [3.05, 3.63) is 65.2 Å². The van der Waals surface area contributed by atoms with Crippen molar-refractivity contribution in [1.29, 1.82) is 0 Å². The summed E-state index contributed by atoms with van der Waals surface area (Å²) in [4.78, 5) is 27.7. The molecule has 2 rings (SSSR count). The number of rotatable bonds is 11. The van der Waals surface area contributed by atoms with Crippen LogP contribution in [0.4, 0.5) is 0 Å². The average molecular weight is 482 g/mol. The minimum Gasteiger partial charge on any atom is -0.494 e. The van der Waals surface area contributed by atoms with E-state index >= 15 is 0 Å². The fourth-order valence-corrected chi connectivity index (χ4v) is 3.55. The number of carbonyl (C=O) groups is 2. The fourth-order valence-electron chi connectivity index (χ4n) is 3.55. The molecule has 0 spiro atoms. The molecular weight excluding hydrogens is 438 g/mol. The van der Waals surface area contributed by atoms with E-state index in [2.05, 4.69) is 62.3 Å². The minimum absolute atomic E-state index is 0.0680. The van der Waals surface area contributed by atoms with Gasteiger partial charge in [-0.1, -0.05) is 52.0 Å². The van der Waals surface area contributed by atoms with Crippen LogP contribution in [-0.4, -0.2) is 29.7 Å². The fraction of sp³-hybridized carbons (Fsp3) is 0.483. The highest BCUT2D eigenvalue weighted by Gasteiger charge is 2.29. The third-order valence-corrected chi connectivity index (χ3v) is 5.46. The molecule has 0 heterocycles. The molecule has 0 radical (unpaired) electrons. The maximum Gasteiger partial charge on any atom is 0.251 e. The van der Waals surface area contributed by atoms with Crippen LogP contribution in [0.2, 0.25) is 0 Å². The van der Waals surface area contributed by atoms with Gasteiger partial charge in [0.1, 0.15) is 11.3 Å². The summed E-state index contributed by atoms with van der Waals surface area (Å²) >= 11 is 0. The van der Waals surface area contributed by atoms with Gasteiger partial charge < -0.3 is 15.8 Å². The molecule has 0 aromatic heterocycles. The highest BCUT2D eigenvalue weighted by molar-refractivity contribution is 5.94. The first-order chi connectivity index (χ1) is 16.5. The van der Waals surface area contributed by atoms with Gasteiger partial charge in [0.2, 0.25) is 0 Å². The van der Waals surface area contributed by atoms with Gasteiger partial charge in [0, 0.05) is 12.1 Å². The van der Waals surface area contributed by atoms with Gasteiger partial charge in [-0.2, -0.15) is 0 Å². The van der Waals surface area contributed by atoms with Crippen LogP contribution in [0, 0.1) is 5.92 Å². The van der Waals surface area contributed by atoms with Crippen LogP contribution in [0.5, 0.6) is 5.75 Å². The Morgan fingerprint density at radius 2 is 1.57 bits per heavy atom. The van der Waals surface area contributed by atoms with Crippen LogP contribution >= 0.6 is 0 Å². The number of nitrogens with two attached hydrogens (primary N) is 1. The molecule has 0 bridgehead atoms. The van der Waals surface area contributed by atoms with E-state index in [9.17, 15) is 9.59 Å². The first kappa shape index (κ1) is 29.9. The first-order valence-corrected chi connectivity index (χ1v) is 12.4. The average Bonchev–Trinajstić information content (AvgIpc) is 2.81. The van der Waals surface area contributed by atoms with Crippen molar-refractivity contribution < 1.29 is 14.3 Å². The number of nitrogens with zero attached hydrogens (tertiary/aromatic N) is 1. The maximum atomic E-state index is 12.1. The van der Waals surface area contributed by atoms with Gasteiger partial charge in [-0.05, 0) is 81.3 Å². The Morgan fingerprint density at radius 3 is 2.03 bits per heavy atom. The molecule has 2 aromatic carbocycles. The number of benzene rings is 2. The summed E-state index contributed by atoms with van der Waals surface area (Å²) in [7, 11) is 0. The van der Waals surface area contributed by atoms with Crippen molar-refractivity contribution in [2.24, 2.45) is 16.6 Å². The second-order valence-electron chi connectivity index (χ2n) is 9.41. The molecule has 6 heteroatoms. The second-order valence-corrected chi connectivity index (χ2v) is 9.41. The van der Waals surface area contributed by atoms with Crippen molar-refractivity contribution in [2.75, 3.05) is 6.61 Å². The highest BCUT2D eigenvalue weighted by Crippen LogP contribution is 2.22. The molecule has 0 aliphatic heterocycles. The van der Waals surface area contributed by atoms with Crippen LogP contribution in [-0.2, 0) is 17.8 Å². The maximum absolute atomic E-state index is 12.1. The number of amides is 1. The number of ketones is 1. The molecule has 1 amide bonds. The molecule has 0 saturated carbocycles. The van der Waals surface area contributed by atoms with Gasteiger partial charge >= 0.3 is 0 Å². The lowest BCUT2D eigenvalue weighted by atomic mass is 9.88. The summed E-state index contributed by atoms with van der Waals surface area (Å²) in [6.45, 7) is 14.7. The lowest BCUT2D eigenvalue weighted by molar-refractivity contribution is -0.121. The molecular formula is C29H43N3O3. The molecule has 0 aliphatic rings. The van der Waals surface area contributed by atoms with Crippen molar-refractivity contribution >= 4 is 17.5 Å².